The van der Waals surface area contributed by atoms with Gasteiger partial charge in [0.1, 0.15) is 46.0 Å². The molecule has 0 saturated carbocycles. The Morgan fingerprint density at radius 3 is 1.75 bits per heavy atom. The molecule has 7 aromatic rings. The normalized spacial score (nSPS) is 11.5. The van der Waals surface area contributed by atoms with E-state index in [4.69, 9.17) is 40.2 Å². The molecule has 2 aromatic carbocycles. The molecule has 0 saturated heterocycles. The van der Waals surface area contributed by atoms with E-state index >= 15 is 0 Å². The number of hydrogen-bond donors (Lipinski definition) is 3. The Bertz CT molecular complexity index is 2970. The van der Waals surface area contributed by atoms with Gasteiger partial charge in [-0.05, 0) is 64.1 Å². The molecule has 5 N–H and O–H groups in total. The summed E-state index contributed by atoms with van der Waals surface area (Å²) in [5.41, 5.74) is 14.5. The first-order chi connectivity index (χ1) is 32.1. The van der Waals surface area contributed by atoms with Crippen LogP contribution in [0, 0.1) is 28.4 Å². The highest BCUT2D eigenvalue weighted by Gasteiger charge is 2.32. The molecule has 0 atom stereocenters. The third-order valence-electron chi connectivity index (χ3n) is 9.12. The second-order valence-corrected chi connectivity index (χ2v) is 18.1. The highest BCUT2D eigenvalue weighted by molar-refractivity contribution is 7.62. The zero-order valence-electron chi connectivity index (χ0n) is 37.7. The van der Waals surface area contributed by atoms with Gasteiger partial charge in [0.25, 0.3) is 0 Å². The van der Waals surface area contributed by atoms with Crippen molar-refractivity contribution in [2.75, 3.05) is 46.3 Å². The van der Waals surface area contributed by atoms with E-state index in [0.29, 0.717) is 44.6 Å². The van der Waals surface area contributed by atoms with Crippen molar-refractivity contribution in [2.24, 2.45) is 5.73 Å². The molecule has 7 rings (SSSR count). The van der Waals surface area contributed by atoms with Gasteiger partial charge in [0.2, 0.25) is 0 Å². The van der Waals surface area contributed by atoms with Crippen LogP contribution in [0.1, 0.15) is 51.9 Å². The van der Waals surface area contributed by atoms with Crippen LogP contribution < -0.4 is 16.8 Å². The minimum Gasteiger partial charge on any atom is -0.383 e. The minimum absolute atomic E-state index is 0. The molecular weight excluding hydrogens is 919 g/mol. The minimum atomic E-state index is -3.64. The predicted octanol–water partition coefficient (Wildman–Crippen LogP) is 8.27. The molecule has 0 spiro atoms. The summed E-state index contributed by atoms with van der Waals surface area (Å²) >= 11 is 0. The number of rotatable bonds is 17. The van der Waals surface area contributed by atoms with Crippen LogP contribution in [0.4, 0.5) is 14.6 Å². The fourth-order valence-electron chi connectivity index (χ4n) is 6.33. The van der Waals surface area contributed by atoms with Gasteiger partial charge >= 0.3 is 15.2 Å². The number of allylic oxidation sites excluding steroid dienone is 1. The van der Waals surface area contributed by atoms with Crippen molar-refractivity contribution < 1.29 is 36.0 Å². The lowest BCUT2D eigenvalue weighted by atomic mass is 10.2. The molecule has 360 valence electrons. The van der Waals surface area contributed by atoms with E-state index in [2.05, 4.69) is 30.1 Å². The van der Waals surface area contributed by atoms with Gasteiger partial charge in [0.15, 0.2) is 22.4 Å². The van der Waals surface area contributed by atoms with Gasteiger partial charge in [-0.3, -0.25) is 14.5 Å². The van der Waals surface area contributed by atoms with E-state index in [-0.39, 0.29) is 86.7 Å². The number of nitrogen functional groups attached to an aromatic ring is 2. The quantitative estimate of drug-likeness (QED) is 0.0335. The fraction of sp³-hybridized carbons (Fsp3) is 0.289. The Labute approximate surface area is 393 Å². The van der Waals surface area contributed by atoms with Crippen molar-refractivity contribution in [3.05, 3.63) is 131 Å². The summed E-state index contributed by atoms with van der Waals surface area (Å²) in [7, 11) is -3.60. The first-order valence-corrected chi connectivity index (χ1v) is 23.9. The number of amidine groups is 1. The van der Waals surface area contributed by atoms with Crippen LogP contribution >= 0.6 is 15.2 Å². The fourth-order valence-corrected chi connectivity index (χ4v) is 9.42. The third-order valence-corrected chi connectivity index (χ3v) is 13.2. The standard InChI is InChI=1S/C21H22FN6O3P.C14H12FN5.C9H17N2O3P.CH4/c1-3-30-32(29,31-4-2)17-12-25-20(26-19(17)23)18-15-9-7-11-24-21(15)28(27-18)13-14-8-5-6-10-16(14)22;15-11-6-2-1-4-9(11)8-20-14-10(5-3-7-18-14)12(19-20)13(16)17;1-5-13-15(12,14-6-2)9(7-10)8-11(3)4;/h5-12H,3-4,13H2,1-2H3,(H2,23,25,26);1-7H,8H2,(H3,16,17);8H,5-6H2,1-4H3;1H4/b;;9-8+;. The van der Waals surface area contributed by atoms with Crippen molar-refractivity contribution in [1.82, 2.24) is 44.4 Å². The predicted molar refractivity (Wildman–Crippen MR) is 258 cm³/mol. The number of pyridine rings is 2. The van der Waals surface area contributed by atoms with Gasteiger partial charge in [0.05, 0.1) is 50.3 Å². The summed E-state index contributed by atoms with van der Waals surface area (Å²) in [5, 5.41) is 26.8. The zero-order chi connectivity index (χ0) is 48.7. The number of hydrogen-bond acceptors (Lipinski definition) is 16. The molecule has 5 aromatic heterocycles. The van der Waals surface area contributed by atoms with Gasteiger partial charge in [-0.15, -0.1) is 0 Å². The number of nitrogens with zero attached hydrogens (tertiary/aromatic N) is 10. The van der Waals surface area contributed by atoms with E-state index in [9.17, 15) is 17.9 Å². The van der Waals surface area contributed by atoms with Crippen LogP contribution in [-0.4, -0.2) is 90.8 Å². The van der Waals surface area contributed by atoms with Gasteiger partial charge in [0, 0.05) is 50.0 Å². The number of benzene rings is 2. The number of aromatic nitrogens is 8. The van der Waals surface area contributed by atoms with Gasteiger partial charge in [-0.25, -0.2) is 38.1 Å². The van der Waals surface area contributed by atoms with Crippen LogP contribution in [-0.2, 0) is 40.3 Å². The number of nitriles is 1. The molecular formula is C45H55F2N13O6P2. The van der Waals surface area contributed by atoms with Gasteiger partial charge < -0.3 is 34.5 Å². The average Bonchev–Trinajstić information content (AvgIpc) is 3.86. The molecule has 23 heteroatoms. The maximum Gasteiger partial charge on any atom is 0.373 e. The Hall–Kier alpha value is -6.78. The molecule has 5 heterocycles. The number of fused-ring (bicyclic) bond motifs is 2. The molecule has 0 amide bonds. The monoisotopic (exact) mass is 973 g/mol. The molecule has 0 radical (unpaired) electrons. The van der Waals surface area contributed by atoms with Crippen LogP contribution in [0.2, 0.25) is 0 Å². The number of anilines is 1. The Morgan fingerprint density at radius 2 is 1.28 bits per heavy atom. The summed E-state index contributed by atoms with van der Waals surface area (Å²) in [6.07, 6.45) is 6.05. The van der Waals surface area contributed by atoms with Crippen molar-refractivity contribution in [3.8, 4) is 17.6 Å². The summed E-state index contributed by atoms with van der Waals surface area (Å²) < 4.78 is 77.0. The SMILES string of the molecule is C.CCOP(=O)(OCC)/C(C#N)=C/N(C)C.CCOP(=O)(OCC)c1cnc(-c2nn(Cc3ccccc3F)c3ncccc23)nc1N.N=C(N)c1nn(Cc2ccccc2F)c2ncccc12. The number of nitrogens with two attached hydrogens (primary N) is 2. The first-order valence-electron chi connectivity index (χ1n) is 20.8. The maximum absolute atomic E-state index is 14.2. The molecule has 0 unspecified atom stereocenters. The summed E-state index contributed by atoms with van der Waals surface area (Å²) in [6, 6.07) is 22.0. The molecule has 0 fully saturated rings. The van der Waals surface area contributed by atoms with E-state index < -0.39 is 15.2 Å². The third kappa shape index (κ3) is 13.0. The first kappa shape index (κ1) is 53.8. The highest BCUT2D eigenvalue weighted by atomic mass is 31.2. The average molecular weight is 974 g/mol. The second-order valence-electron chi connectivity index (χ2n) is 14.1. The highest BCUT2D eigenvalue weighted by Crippen LogP contribution is 2.55. The van der Waals surface area contributed by atoms with Crippen molar-refractivity contribution in [2.45, 2.75) is 48.2 Å². The lowest BCUT2D eigenvalue weighted by Gasteiger charge is -2.17. The Balaban J connectivity index is 0.000000241. The topological polar surface area (TPSA) is 261 Å². The van der Waals surface area contributed by atoms with Crippen molar-refractivity contribution >= 4 is 54.2 Å². The molecule has 0 aliphatic heterocycles. The van der Waals surface area contributed by atoms with Crippen molar-refractivity contribution in [3.63, 3.8) is 0 Å². The van der Waals surface area contributed by atoms with E-state index in [1.165, 1.54) is 24.5 Å². The molecule has 68 heavy (non-hydrogen) atoms. The largest absolute Gasteiger partial charge is 0.383 e. The number of nitrogens with one attached hydrogen (secondary N) is 1. The summed E-state index contributed by atoms with van der Waals surface area (Å²) in [6.45, 7) is 8.08. The van der Waals surface area contributed by atoms with Gasteiger partial charge in [-0.1, -0.05) is 43.8 Å². The van der Waals surface area contributed by atoms with Crippen molar-refractivity contribution in [1.29, 1.82) is 10.7 Å². The molecule has 0 bridgehead atoms. The molecule has 0 aliphatic carbocycles. The summed E-state index contributed by atoms with van der Waals surface area (Å²) in [4.78, 5) is 18.9. The molecule has 0 aliphatic rings. The van der Waals surface area contributed by atoms with Gasteiger partial charge in [-0.2, -0.15) is 15.5 Å². The van der Waals surface area contributed by atoms with Crippen LogP contribution in [0.25, 0.3) is 33.6 Å². The van der Waals surface area contributed by atoms with Crippen LogP contribution in [0.15, 0.2) is 103 Å². The smallest absolute Gasteiger partial charge is 0.373 e. The summed E-state index contributed by atoms with van der Waals surface area (Å²) in [5.74, 6) is -0.565. The number of halogens is 2. The van der Waals surface area contributed by atoms with Crippen LogP contribution in [0.3, 0.4) is 0 Å². The van der Waals surface area contributed by atoms with E-state index in [1.54, 1.807) is 123 Å². The Morgan fingerprint density at radius 1 is 0.779 bits per heavy atom. The van der Waals surface area contributed by atoms with E-state index in [0.717, 1.165) is 0 Å². The zero-order valence-corrected chi connectivity index (χ0v) is 39.5. The Kier molecular flexibility index (Phi) is 19.7. The lowest BCUT2D eigenvalue weighted by molar-refractivity contribution is 0.226. The van der Waals surface area contributed by atoms with E-state index in [1.807, 2.05) is 12.1 Å². The molecule has 19 nitrogen and oxygen atoms in total. The lowest BCUT2D eigenvalue weighted by Crippen LogP contribution is -2.18. The second kappa shape index (κ2) is 24.8. The van der Waals surface area contributed by atoms with Crippen LogP contribution in [0.5, 0.6) is 0 Å². The maximum atomic E-state index is 14.2.